The van der Waals surface area contributed by atoms with E-state index < -0.39 is 0 Å². The van der Waals surface area contributed by atoms with Crippen LogP contribution < -0.4 is 5.69 Å². The summed E-state index contributed by atoms with van der Waals surface area (Å²) < 4.78 is 2.73. The van der Waals surface area contributed by atoms with Gasteiger partial charge in [-0.3, -0.25) is 14.2 Å². The molecule has 0 atom stereocenters. The zero-order chi connectivity index (χ0) is 17.1. The van der Waals surface area contributed by atoms with Gasteiger partial charge in [-0.2, -0.15) is 5.10 Å². The van der Waals surface area contributed by atoms with Crippen molar-refractivity contribution in [2.24, 2.45) is 7.05 Å². The Bertz CT molecular complexity index is 820. The molecular formula is C16H18ClN3O3. The molecule has 0 saturated carbocycles. The molecule has 0 unspecified atom stereocenters. The van der Waals surface area contributed by atoms with Crippen LogP contribution in [0.15, 0.2) is 23.0 Å². The minimum atomic E-state index is -0.312. The van der Waals surface area contributed by atoms with Crippen molar-refractivity contribution in [3.8, 4) is 0 Å². The van der Waals surface area contributed by atoms with E-state index in [9.17, 15) is 14.4 Å². The number of nitrogens with zero attached hydrogens (tertiary/aromatic N) is 3. The van der Waals surface area contributed by atoms with Crippen LogP contribution in [0.1, 0.15) is 41.5 Å². The molecular weight excluding hydrogens is 318 g/mol. The average Bonchev–Trinajstić information content (AvgIpc) is 2.76. The van der Waals surface area contributed by atoms with Gasteiger partial charge in [-0.15, -0.1) is 0 Å². The zero-order valence-electron chi connectivity index (χ0n) is 13.3. The molecule has 23 heavy (non-hydrogen) atoms. The Kier molecular flexibility index (Phi) is 5.15. The van der Waals surface area contributed by atoms with Crippen molar-refractivity contribution < 1.29 is 9.59 Å². The van der Waals surface area contributed by atoms with Crippen molar-refractivity contribution >= 4 is 23.2 Å². The summed E-state index contributed by atoms with van der Waals surface area (Å²) in [7, 11) is 1.64. The number of Topliss-reactive ketones (excluding diaryl/α,β-unsaturated/α-hetero) is 2. The highest BCUT2D eigenvalue weighted by Gasteiger charge is 2.17. The maximum absolute atomic E-state index is 12.2. The largest absolute Gasteiger partial charge is 0.345 e. The number of aromatic nitrogens is 3. The van der Waals surface area contributed by atoms with Gasteiger partial charge in [-0.1, -0.05) is 30.7 Å². The van der Waals surface area contributed by atoms with Gasteiger partial charge >= 0.3 is 5.69 Å². The van der Waals surface area contributed by atoms with Crippen molar-refractivity contribution in [2.45, 2.75) is 33.2 Å². The maximum atomic E-state index is 12.2. The third-order valence-corrected chi connectivity index (χ3v) is 4.16. The fraction of sp³-hybridized carbons (Fsp3) is 0.375. The summed E-state index contributed by atoms with van der Waals surface area (Å²) in [4.78, 5) is 35.6. The van der Waals surface area contributed by atoms with Gasteiger partial charge in [0, 0.05) is 19.0 Å². The first-order valence-electron chi connectivity index (χ1n) is 7.27. The fourth-order valence-electron chi connectivity index (χ4n) is 2.18. The van der Waals surface area contributed by atoms with Crippen LogP contribution in [0.5, 0.6) is 0 Å². The summed E-state index contributed by atoms with van der Waals surface area (Å²) in [5.74, 6) is 0.146. The molecule has 6 nitrogen and oxygen atoms in total. The molecule has 122 valence electrons. The van der Waals surface area contributed by atoms with E-state index in [4.69, 9.17) is 11.6 Å². The van der Waals surface area contributed by atoms with E-state index in [1.165, 1.54) is 9.25 Å². The van der Waals surface area contributed by atoms with Crippen LogP contribution >= 0.6 is 11.6 Å². The summed E-state index contributed by atoms with van der Waals surface area (Å²) in [5.41, 5.74) is 0.657. The Balaban J connectivity index is 2.33. The lowest BCUT2D eigenvalue weighted by Crippen LogP contribution is -2.24. The normalized spacial score (nSPS) is 10.8. The Hall–Kier alpha value is -2.21. The van der Waals surface area contributed by atoms with E-state index in [2.05, 4.69) is 5.10 Å². The Morgan fingerprint density at radius 3 is 2.57 bits per heavy atom. The van der Waals surface area contributed by atoms with E-state index in [0.717, 1.165) is 0 Å². The van der Waals surface area contributed by atoms with Gasteiger partial charge in [-0.25, -0.2) is 9.48 Å². The monoisotopic (exact) mass is 335 g/mol. The molecule has 0 saturated heterocycles. The lowest BCUT2D eigenvalue weighted by Gasteiger charge is -2.08. The first-order valence-corrected chi connectivity index (χ1v) is 7.65. The Morgan fingerprint density at radius 2 is 2.00 bits per heavy atom. The number of aryl methyl sites for hydroxylation is 1. The maximum Gasteiger partial charge on any atom is 0.345 e. The van der Waals surface area contributed by atoms with Crippen LogP contribution in [0.4, 0.5) is 0 Å². The summed E-state index contributed by atoms with van der Waals surface area (Å²) in [5, 5.41) is 4.41. The summed E-state index contributed by atoms with van der Waals surface area (Å²) >= 11 is 6.30. The van der Waals surface area contributed by atoms with Crippen LogP contribution in [0, 0.1) is 6.92 Å². The number of halogens is 1. The average molecular weight is 336 g/mol. The number of benzene rings is 1. The third kappa shape index (κ3) is 3.59. The highest BCUT2D eigenvalue weighted by Crippen LogP contribution is 2.23. The van der Waals surface area contributed by atoms with Gasteiger partial charge < -0.3 is 0 Å². The first kappa shape index (κ1) is 17.1. The van der Waals surface area contributed by atoms with Crippen molar-refractivity contribution in [3.63, 3.8) is 0 Å². The van der Waals surface area contributed by atoms with E-state index in [1.54, 1.807) is 39.1 Å². The fourth-order valence-corrected chi connectivity index (χ4v) is 2.47. The van der Waals surface area contributed by atoms with Crippen molar-refractivity contribution in [2.75, 3.05) is 0 Å². The molecule has 1 aromatic carbocycles. The van der Waals surface area contributed by atoms with Gasteiger partial charge in [0.15, 0.2) is 5.78 Å². The van der Waals surface area contributed by atoms with Crippen molar-refractivity contribution in [3.05, 3.63) is 50.7 Å². The zero-order valence-corrected chi connectivity index (χ0v) is 14.1. The molecule has 0 bridgehead atoms. The van der Waals surface area contributed by atoms with Crippen molar-refractivity contribution in [1.82, 2.24) is 14.3 Å². The first-order chi connectivity index (χ1) is 10.8. The predicted octanol–water partition coefficient (Wildman–Crippen LogP) is 2.14. The van der Waals surface area contributed by atoms with E-state index in [0.29, 0.717) is 23.4 Å². The lowest BCUT2D eigenvalue weighted by molar-refractivity contribution is -0.117. The van der Waals surface area contributed by atoms with E-state index in [1.807, 2.05) is 0 Å². The molecule has 0 amide bonds. The second-order valence-electron chi connectivity index (χ2n) is 5.32. The van der Waals surface area contributed by atoms with Gasteiger partial charge in [0.1, 0.15) is 11.6 Å². The molecule has 0 aliphatic carbocycles. The Morgan fingerprint density at radius 1 is 1.30 bits per heavy atom. The molecule has 1 heterocycles. The highest BCUT2D eigenvalue weighted by molar-refractivity contribution is 6.35. The summed E-state index contributed by atoms with van der Waals surface area (Å²) in [6.07, 6.45) is 0.147. The smallest absolute Gasteiger partial charge is 0.299 e. The highest BCUT2D eigenvalue weighted by atomic mass is 35.5. The van der Waals surface area contributed by atoms with Crippen LogP contribution in [0.2, 0.25) is 5.02 Å². The minimum Gasteiger partial charge on any atom is -0.299 e. The SMILES string of the molecule is CCC(=O)CC(=O)c1cccc(Cn2nc(C)n(C)c2=O)c1Cl. The van der Waals surface area contributed by atoms with Crippen LogP contribution in [0.25, 0.3) is 0 Å². The lowest BCUT2D eigenvalue weighted by atomic mass is 10.0. The van der Waals surface area contributed by atoms with Gasteiger partial charge in [0.25, 0.3) is 0 Å². The predicted molar refractivity (Wildman–Crippen MR) is 87.0 cm³/mol. The molecule has 0 N–H and O–H groups in total. The topological polar surface area (TPSA) is 74.0 Å². The number of ketones is 2. The van der Waals surface area contributed by atoms with Crippen molar-refractivity contribution in [1.29, 1.82) is 0 Å². The number of carbonyl (C=O) groups is 2. The second-order valence-corrected chi connectivity index (χ2v) is 5.70. The van der Waals surface area contributed by atoms with E-state index >= 15 is 0 Å². The van der Waals surface area contributed by atoms with Gasteiger partial charge in [0.2, 0.25) is 0 Å². The number of rotatable bonds is 6. The second kappa shape index (κ2) is 6.91. The van der Waals surface area contributed by atoms with Crippen LogP contribution in [-0.4, -0.2) is 25.9 Å². The quantitative estimate of drug-likeness (QED) is 0.599. The Labute approximate surface area is 138 Å². The summed E-state index contributed by atoms with van der Waals surface area (Å²) in [6.45, 7) is 3.61. The number of hydrogen-bond acceptors (Lipinski definition) is 4. The molecule has 2 aromatic rings. The molecule has 0 radical (unpaired) electrons. The van der Waals surface area contributed by atoms with Crippen LogP contribution in [-0.2, 0) is 18.4 Å². The molecule has 2 rings (SSSR count). The van der Waals surface area contributed by atoms with Gasteiger partial charge in [-0.05, 0) is 18.6 Å². The minimum absolute atomic E-state index is 0.131. The molecule has 0 fully saturated rings. The van der Waals surface area contributed by atoms with Crippen LogP contribution in [0.3, 0.4) is 0 Å². The number of hydrogen-bond donors (Lipinski definition) is 0. The molecule has 0 spiro atoms. The molecule has 0 aliphatic rings. The standard InChI is InChI=1S/C16H18ClN3O3/c1-4-12(21)8-14(22)13-7-5-6-11(15(13)17)9-20-16(23)19(3)10(2)18-20/h5-7H,4,8-9H2,1-3H3. The number of carbonyl (C=O) groups excluding carboxylic acids is 2. The van der Waals surface area contributed by atoms with Gasteiger partial charge in [0.05, 0.1) is 18.0 Å². The van der Waals surface area contributed by atoms with E-state index in [-0.39, 0.29) is 35.2 Å². The molecule has 1 aromatic heterocycles. The summed E-state index contributed by atoms with van der Waals surface area (Å²) in [6, 6.07) is 5.01. The third-order valence-electron chi connectivity index (χ3n) is 3.71. The molecule has 0 aliphatic heterocycles. The molecule has 7 heteroatoms.